The van der Waals surface area contributed by atoms with Crippen LogP contribution in [0.15, 0.2) is 48.5 Å². The number of rotatable bonds is 8. The van der Waals surface area contributed by atoms with Gasteiger partial charge >= 0.3 is 176 Å². The average molecular weight is 636 g/mol. The molecule has 0 heterocycles. The van der Waals surface area contributed by atoms with Gasteiger partial charge in [0.1, 0.15) is 0 Å². The van der Waals surface area contributed by atoms with E-state index in [4.69, 9.17) is 4.74 Å². The molecule has 0 atom stereocenters. The third-order valence-electron chi connectivity index (χ3n) is 4.84. The summed E-state index contributed by atoms with van der Waals surface area (Å²) in [5.74, 6) is -0.747. The van der Waals surface area contributed by atoms with Gasteiger partial charge < -0.3 is 0 Å². The van der Waals surface area contributed by atoms with E-state index >= 15 is 0 Å². The van der Waals surface area contributed by atoms with Gasteiger partial charge in [0, 0.05) is 0 Å². The van der Waals surface area contributed by atoms with Gasteiger partial charge in [-0.25, -0.2) is 4.39 Å². The first-order valence-corrected chi connectivity index (χ1v) is 13.7. The van der Waals surface area contributed by atoms with Gasteiger partial charge in [0.25, 0.3) is 0 Å². The van der Waals surface area contributed by atoms with Crippen molar-refractivity contribution in [2.24, 2.45) is 0 Å². The first kappa shape index (κ1) is 29.3. The third-order valence-corrected chi connectivity index (χ3v) is 8.14. The minimum absolute atomic E-state index is 0.0726. The van der Waals surface area contributed by atoms with Crippen LogP contribution in [0.2, 0.25) is 0 Å². The summed E-state index contributed by atoms with van der Waals surface area (Å²) in [6.45, 7) is 4.26. The van der Waals surface area contributed by atoms with Crippen molar-refractivity contribution in [2.75, 3.05) is 0 Å². The van der Waals surface area contributed by atoms with Gasteiger partial charge in [-0.2, -0.15) is 8.42 Å². The Hall–Kier alpha value is -1.90. The van der Waals surface area contributed by atoms with Crippen molar-refractivity contribution in [3.63, 3.8) is 0 Å². The zero-order valence-corrected chi connectivity index (χ0v) is 22.4. The van der Waals surface area contributed by atoms with Crippen LogP contribution in [0.3, 0.4) is 0 Å². The molecule has 193 valence electrons. The molecule has 35 heavy (non-hydrogen) atoms. The van der Waals surface area contributed by atoms with Crippen LogP contribution in [0.4, 0.5) is 30.7 Å². The van der Waals surface area contributed by atoms with Gasteiger partial charge in [-0.3, -0.25) is 0 Å². The normalized spacial score (nSPS) is 13.9. The number of benzene rings is 2. The van der Waals surface area contributed by atoms with Gasteiger partial charge in [-0.05, 0) is 13.8 Å². The Labute approximate surface area is 207 Å². The van der Waals surface area contributed by atoms with Crippen molar-refractivity contribution in [2.45, 2.75) is 54.1 Å². The fourth-order valence-corrected chi connectivity index (χ4v) is 4.07. The molecule has 0 bridgehead atoms. The van der Waals surface area contributed by atoms with Gasteiger partial charge in [0.15, 0.2) is 0 Å². The molecule has 5 nitrogen and oxygen atoms in total. The van der Waals surface area contributed by atoms with Crippen LogP contribution in [0.1, 0.15) is 38.8 Å². The topological polar surface area (TPSA) is 69.7 Å². The molecule has 2 aromatic rings. The van der Waals surface area contributed by atoms with E-state index < -0.39 is 74.5 Å². The van der Waals surface area contributed by atoms with Gasteiger partial charge in [-0.15, -0.1) is 0 Å². The SMILES string of the molecule is C[C](C)(Oc1ccc(C(c2ccc(OS(=O)(=O)C(C)(C)F)cc2)(C(F)(F)F)C(F)(F)F)cc1)[Sn]=[O]. The molecule has 0 amide bonds. The second kappa shape index (κ2) is 9.52. The average Bonchev–Trinajstić information content (AvgIpc) is 2.67. The Bertz CT molecular complexity index is 1140. The molecule has 1 radical (unpaired) electrons. The molecule has 0 saturated carbocycles. The first-order chi connectivity index (χ1) is 15.7. The van der Waals surface area contributed by atoms with Gasteiger partial charge in [0.2, 0.25) is 5.00 Å². The predicted molar refractivity (Wildman–Crippen MR) is 112 cm³/mol. The Balaban J connectivity index is 2.65. The summed E-state index contributed by atoms with van der Waals surface area (Å²) in [6.07, 6.45) is -11.8. The van der Waals surface area contributed by atoms with Crippen molar-refractivity contribution in [3.8, 4) is 11.5 Å². The number of alkyl halides is 7. The quantitative estimate of drug-likeness (QED) is 0.212. The van der Waals surface area contributed by atoms with E-state index in [9.17, 15) is 42.2 Å². The molecule has 0 aliphatic heterocycles. The van der Waals surface area contributed by atoms with Crippen LogP contribution in [-0.2, 0) is 18.6 Å². The van der Waals surface area contributed by atoms with Crippen LogP contribution in [0, 0.1) is 0 Å². The van der Waals surface area contributed by atoms with E-state index in [1.807, 2.05) is 0 Å². The maximum atomic E-state index is 14.2. The molecule has 2 aromatic carbocycles. The van der Waals surface area contributed by atoms with E-state index in [-0.39, 0.29) is 5.75 Å². The number of hydrogen-bond acceptors (Lipinski definition) is 5. The molecule has 2 rings (SSSR count). The molecule has 14 heteroatoms. The van der Waals surface area contributed by atoms with Crippen molar-refractivity contribution in [1.82, 2.24) is 0 Å². The first-order valence-electron chi connectivity index (χ1n) is 9.74. The van der Waals surface area contributed by atoms with Crippen molar-refractivity contribution in [1.29, 1.82) is 0 Å². The summed E-state index contributed by atoms with van der Waals surface area (Å²) < 4.78 is 143. The number of hydrogen-bond donors (Lipinski definition) is 0. The maximum absolute atomic E-state index is 14.2. The van der Waals surface area contributed by atoms with E-state index in [0.717, 1.165) is 12.1 Å². The summed E-state index contributed by atoms with van der Waals surface area (Å²) in [5.41, 5.74) is -6.96. The molecule has 0 aliphatic carbocycles. The fourth-order valence-electron chi connectivity index (χ4n) is 3.06. The summed E-state index contributed by atoms with van der Waals surface area (Å²) in [6, 6.07) is 4.99. The predicted octanol–water partition coefficient (Wildman–Crippen LogP) is 5.68. The second-order valence-electron chi connectivity index (χ2n) is 8.41. The van der Waals surface area contributed by atoms with Crippen molar-refractivity contribution < 1.29 is 51.1 Å². The summed E-state index contributed by atoms with van der Waals surface area (Å²) in [4.78, 5) is 0. The molecule has 0 aliphatic rings. The van der Waals surface area contributed by atoms with Crippen LogP contribution >= 0.6 is 0 Å². The summed E-state index contributed by atoms with van der Waals surface area (Å²) in [7, 11) is -4.87. The van der Waals surface area contributed by atoms with E-state index in [1.54, 1.807) is 0 Å². The van der Waals surface area contributed by atoms with Gasteiger partial charge in [0.05, 0.1) is 0 Å². The summed E-state index contributed by atoms with van der Waals surface area (Å²) >= 11 is -2.24. The number of halogens is 7. The standard InChI is InChI=1S/C21H20F7O4S.O.Sn/c1-13(2)31-16-9-5-14(6-10-16)19(20(23,24)25,21(26,27)28)15-7-11-17(12-8-15)32-33(29,30)18(3,4)22;;/h5-12H,1-4H3;;. The molecular formula is C21H20F7O5SSn. The zero-order valence-electron chi connectivity index (χ0n) is 18.7. The molecule has 0 N–H and O–H groups in total. The van der Waals surface area contributed by atoms with Crippen molar-refractivity contribution in [3.05, 3.63) is 59.7 Å². The Kier molecular flexibility index (Phi) is 7.98. The molecule has 0 aromatic heterocycles. The van der Waals surface area contributed by atoms with E-state index in [2.05, 4.69) is 4.18 Å². The van der Waals surface area contributed by atoms with Crippen LogP contribution in [0.25, 0.3) is 0 Å². The van der Waals surface area contributed by atoms with Crippen LogP contribution in [0.5, 0.6) is 11.5 Å². The zero-order chi connectivity index (χ0) is 27.1. The second-order valence-corrected chi connectivity index (χ2v) is 14.5. The van der Waals surface area contributed by atoms with E-state index in [1.165, 1.54) is 13.8 Å². The van der Waals surface area contributed by atoms with Crippen molar-refractivity contribution >= 4 is 31.2 Å². The minimum atomic E-state index is -5.88. The molecule has 0 unspecified atom stereocenters. The monoisotopic (exact) mass is 637 g/mol. The Morgan fingerprint density at radius 2 is 1.06 bits per heavy atom. The molecule has 0 saturated heterocycles. The fraction of sp³-hybridized carbons (Fsp3) is 0.429. The molecule has 0 spiro atoms. The third kappa shape index (κ3) is 5.92. The Morgan fingerprint density at radius 1 is 0.686 bits per heavy atom. The Morgan fingerprint density at radius 3 is 1.37 bits per heavy atom. The van der Waals surface area contributed by atoms with Crippen LogP contribution in [-0.4, -0.2) is 50.5 Å². The van der Waals surface area contributed by atoms with Crippen LogP contribution < -0.4 is 8.92 Å². The van der Waals surface area contributed by atoms with E-state index in [0.29, 0.717) is 50.2 Å². The summed E-state index contributed by atoms with van der Waals surface area (Å²) in [5, 5.41) is -2.87. The molecule has 0 fully saturated rings. The van der Waals surface area contributed by atoms with Gasteiger partial charge in [-0.1, -0.05) is 0 Å². The molecular weight excluding hydrogens is 616 g/mol. The number of ether oxygens (including phenoxy) is 1.